The molecule has 0 saturated heterocycles. The van der Waals surface area contributed by atoms with Gasteiger partial charge >= 0.3 is 0 Å². The van der Waals surface area contributed by atoms with E-state index in [1.54, 1.807) is 19.2 Å². The van der Waals surface area contributed by atoms with Gasteiger partial charge in [-0.2, -0.15) is 4.31 Å². The summed E-state index contributed by atoms with van der Waals surface area (Å²) in [7, 11) is -1.67. The van der Waals surface area contributed by atoms with Gasteiger partial charge in [0.15, 0.2) is 0 Å². The van der Waals surface area contributed by atoms with Crippen molar-refractivity contribution in [2.24, 2.45) is 0 Å². The van der Waals surface area contributed by atoms with E-state index in [1.807, 2.05) is 13.0 Å². The van der Waals surface area contributed by atoms with Crippen LogP contribution in [-0.2, 0) is 16.6 Å². The summed E-state index contributed by atoms with van der Waals surface area (Å²) >= 11 is 0. The van der Waals surface area contributed by atoms with Crippen molar-refractivity contribution in [3.8, 4) is 0 Å². The Morgan fingerprint density at radius 1 is 1.35 bits per heavy atom. The van der Waals surface area contributed by atoms with Crippen LogP contribution in [0.15, 0.2) is 23.1 Å². The lowest BCUT2D eigenvalue weighted by Gasteiger charge is -2.18. The number of nitrogens with one attached hydrogen (secondary N) is 1. The van der Waals surface area contributed by atoms with E-state index in [0.29, 0.717) is 17.5 Å². The highest BCUT2D eigenvalue weighted by Gasteiger charge is 2.35. The lowest BCUT2D eigenvalue weighted by Crippen LogP contribution is -2.29. The molecule has 1 aliphatic rings. The Labute approximate surface area is 122 Å². The number of sulfonamides is 1. The summed E-state index contributed by atoms with van der Waals surface area (Å²) in [5, 5.41) is 3.34. The number of benzene rings is 1. The maximum atomic E-state index is 12.5. The lowest BCUT2D eigenvalue weighted by molar-refractivity contribution is 0.464. The van der Waals surface area contributed by atoms with Gasteiger partial charge in [-0.05, 0) is 43.0 Å². The van der Waals surface area contributed by atoms with Gasteiger partial charge in [0.1, 0.15) is 0 Å². The summed E-state index contributed by atoms with van der Waals surface area (Å²) in [6, 6.07) is 5.98. The molecule has 0 spiro atoms. The van der Waals surface area contributed by atoms with Crippen LogP contribution in [0.25, 0.3) is 0 Å². The van der Waals surface area contributed by atoms with Crippen molar-refractivity contribution in [1.82, 2.24) is 9.62 Å². The molecular formula is C15H24N2O2S. The zero-order valence-electron chi connectivity index (χ0n) is 12.7. The van der Waals surface area contributed by atoms with Gasteiger partial charge in [-0.25, -0.2) is 8.42 Å². The quantitative estimate of drug-likeness (QED) is 0.876. The average molecular weight is 296 g/mol. The SMILES string of the molecule is Cc1ccc(S(=O)(=O)N(C)C2CC2)cc1CNC(C)C. The van der Waals surface area contributed by atoms with Crippen molar-refractivity contribution >= 4 is 10.0 Å². The zero-order valence-corrected chi connectivity index (χ0v) is 13.5. The van der Waals surface area contributed by atoms with Crippen LogP contribution >= 0.6 is 0 Å². The van der Waals surface area contributed by atoms with Crippen LogP contribution in [-0.4, -0.2) is 31.9 Å². The predicted octanol–water partition coefficient (Wildman–Crippen LogP) is 2.28. The van der Waals surface area contributed by atoms with Crippen molar-refractivity contribution in [3.05, 3.63) is 29.3 Å². The Bertz CT molecular complexity index is 578. The van der Waals surface area contributed by atoms with Crippen molar-refractivity contribution in [2.45, 2.75) is 57.1 Å². The molecule has 1 saturated carbocycles. The van der Waals surface area contributed by atoms with Gasteiger partial charge in [0.05, 0.1) is 4.90 Å². The molecule has 0 atom stereocenters. The molecule has 1 aliphatic carbocycles. The fourth-order valence-corrected chi connectivity index (χ4v) is 3.58. The lowest BCUT2D eigenvalue weighted by atomic mass is 10.1. The van der Waals surface area contributed by atoms with Crippen molar-refractivity contribution in [2.75, 3.05) is 7.05 Å². The zero-order chi connectivity index (χ0) is 14.9. The molecule has 1 fully saturated rings. The second-order valence-corrected chi connectivity index (χ2v) is 7.87. The van der Waals surface area contributed by atoms with Crippen molar-refractivity contribution < 1.29 is 8.42 Å². The Morgan fingerprint density at radius 2 is 2.00 bits per heavy atom. The first-order valence-corrected chi connectivity index (χ1v) is 8.57. The number of hydrogen-bond donors (Lipinski definition) is 1. The highest BCUT2D eigenvalue weighted by molar-refractivity contribution is 7.89. The van der Waals surface area contributed by atoms with Crippen LogP contribution in [0.3, 0.4) is 0 Å². The number of nitrogens with zero attached hydrogens (tertiary/aromatic N) is 1. The van der Waals surface area contributed by atoms with E-state index >= 15 is 0 Å². The van der Waals surface area contributed by atoms with Gasteiger partial charge < -0.3 is 5.32 Å². The molecular weight excluding hydrogens is 272 g/mol. The third kappa shape index (κ3) is 3.40. The molecule has 0 unspecified atom stereocenters. The molecule has 1 aromatic carbocycles. The smallest absolute Gasteiger partial charge is 0.243 e. The minimum atomic E-state index is -3.35. The van der Waals surface area contributed by atoms with Crippen LogP contribution in [0.2, 0.25) is 0 Å². The fraction of sp³-hybridized carbons (Fsp3) is 0.600. The molecule has 0 amide bonds. The van der Waals surface area contributed by atoms with E-state index in [9.17, 15) is 8.42 Å². The van der Waals surface area contributed by atoms with Gasteiger partial charge in [0, 0.05) is 25.7 Å². The topological polar surface area (TPSA) is 49.4 Å². The van der Waals surface area contributed by atoms with Crippen molar-refractivity contribution in [3.63, 3.8) is 0 Å². The largest absolute Gasteiger partial charge is 0.310 e. The van der Waals surface area contributed by atoms with E-state index < -0.39 is 10.0 Å². The monoisotopic (exact) mass is 296 g/mol. The van der Waals surface area contributed by atoms with E-state index in [1.165, 1.54) is 4.31 Å². The highest BCUT2D eigenvalue weighted by Crippen LogP contribution is 2.30. The molecule has 2 rings (SSSR count). The van der Waals surface area contributed by atoms with Crippen LogP contribution in [0, 0.1) is 6.92 Å². The molecule has 0 radical (unpaired) electrons. The van der Waals surface area contributed by atoms with Gasteiger partial charge in [0.25, 0.3) is 0 Å². The third-order valence-corrected chi connectivity index (χ3v) is 5.67. The van der Waals surface area contributed by atoms with E-state index in [4.69, 9.17) is 0 Å². The van der Waals surface area contributed by atoms with Crippen LogP contribution < -0.4 is 5.32 Å². The second-order valence-electron chi connectivity index (χ2n) is 5.88. The van der Waals surface area contributed by atoms with E-state index in [2.05, 4.69) is 19.2 Å². The molecule has 20 heavy (non-hydrogen) atoms. The van der Waals surface area contributed by atoms with Gasteiger partial charge in [-0.3, -0.25) is 0 Å². The first-order chi connectivity index (χ1) is 9.32. The van der Waals surface area contributed by atoms with Gasteiger partial charge in [-0.15, -0.1) is 0 Å². The molecule has 1 aromatic rings. The fourth-order valence-electron chi connectivity index (χ4n) is 2.11. The summed E-state index contributed by atoms with van der Waals surface area (Å²) in [4.78, 5) is 0.401. The van der Waals surface area contributed by atoms with E-state index in [0.717, 1.165) is 24.0 Å². The normalized spacial score (nSPS) is 16.1. The maximum absolute atomic E-state index is 12.5. The molecule has 4 nitrogen and oxygen atoms in total. The molecule has 1 N–H and O–H groups in total. The Kier molecular flexibility index (Phi) is 4.52. The molecule has 0 heterocycles. The standard InChI is InChI=1S/C15H24N2O2S/c1-11(2)16-10-13-9-15(8-5-12(13)3)20(18,19)17(4)14-6-7-14/h5,8-9,11,14,16H,6-7,10H2,1-4H3. The Balaban J connectivity index is 2.26. The molecule has 0 bridgehead atoms. The highest BCUT2D eigenvalue weighted by atomic mass is 32.2. The number of hydrogen-bond acceptors (Lipinski definition) is 3. The minimum Gasteiger partial charge on any atom is -0.310 e. The van der Waals surface area contributed by atoms with Crippen LogP contribution in [0.1, 0.15) is 37.8 Å². The van der Waals surface area contributed by atoms with Crippen molar-refractivity contribution in [1.29, 1.82) is 0 Å². The number of aryl methyl sites for hydroxylation is 1. The third-order valence-electron chi connectivity index (χ3n) is 3.76. The van der Waals surface area contributed by atoms with Gasteiger partial charge in [-0.1, -0.05) is 19.9 Å². The predicted molar refractivity (Wildman–Crippen MR) is 81.1 cm³/mol. The summed E-state index contributed by atoms with van der Waals surface area (Å²) < 4.78 is 26.6. The van der Waals surface area contributed by atoms with Gasteiger partial charge in [0.2, 0.25) is 10.0 Å². The second kappa shape index (κ2) is 5.84. The Morgan fingerprint density at radius 3 is 2.55 bits per heavy atom. The molecule has 5 heteroatoms. The molecule has 0 aliphatic heterocycles. The first kappa shape index (κ1) is 15.5. The van der Waals surface area contributed by atoms with Crippen LogP contribution in [0.5, 0.6) is 0 Å². The van der Waals surface area contributed by atoms with E-state index in [-0.39, 0.29) is 6.04 Å². The summed E-state index contributed by atoms with van der Waals surface area (Å²) in [6.07, 6.45) is 1.95. The summed E-state index contributed by atoms with van der Waals surface area (Å²) in [5.74, 6) is 0. The summed E-state index contributed by atoms with van der Waals surface area (Å²) in [5.41, 5.74) is 2.16. The van der Waals surface area contributed by atoms with Crippen LogP contribution in [0.4, 0.5) is 0 Å². The number of rotatable bonds is 6. The maximum Gasteiger partial charge on any atom is 0.243 e. The average Bonchev–Trinajstić information content (AvgIpc) is 3.20. The first-order valence-electron chi connectivity index (χ1n) is 7.13. The summed E-state index contributed by atoms with van der Waals surface area (Å²) in [6.45, 7) is 6.87. The minimum absolute atomic E-state index is 0.193. The molecule has 0 aromatic heterocycles. The Hall–Kier alpha value is -0.910. The molecule has 112 valence electrons.